The van der Waals surface area contributed by atoms with Crippen LogP contribution in [0.25, 0.3) is 20.8 Å². The predicted octanol–water partition coefficient (Wildman–Crippen LogP) is 7.91. The summed E-state index contributed by atoms with van der Waals surface area (Å²) in [5.41, 5.74) is 3.06. The van der Waals surface area contributed by atoms with Gasteiger partial charge in [0.25, 0.3) is 5.56 Å². The van der Waals surface area contributed by atoms with Crippen LogP contribution in [0.5, 0.6) is 0 Å². The molecule has 1 atom stereocenters. The van der Waals surface area contributed by atoms with Crippen LogP contribution in [0.4, 0.5) is 4.79 Å². The van der Waals surface area contributed by atoms with E-state index in [0.29, 0.717) is 16.0 Å². The Labute approximate surface area is 272 Å². The van der Waals surface area contributed by atoms with Crippen LogP contribution in [0.1, 0.15) is 63.2 Å². The Morgan fingerprint density at radius 3 is 1.93 bits per heavy atom. The minimum Gasteiger partial charge on any atom is -0.438 e. The number of nitrogens with one attached hydrogen (secondary N) is 2. The lowest BCUT2D eigenvalue weighted by Crippen LogP contribution is -2.42. The lowest BCUT2D eigenvalue weighted by atomic mass is 9.77. The van der Waals surface area contributed by atoms with E-state index in [1.807, 2.05) is 71.4 Å². The quantitative estimate of drug-likeness (QED) is 0.166. The maximum Gasteiger partial charge on any atom is 0.408 e. The van der Waals surface area contributed by atoms with Gasteiger partial charge >= 0.3 is 6.09 Å². The zero-order chi connectivity index (χ0) is 32.5. The number of alkyl carbamates (subject to hydrolysis) is 1. The first-order valence-electron chi connectivity index (χ1n) is 15.3. The fraction of sp³-hybridized carbons (Fsp3) is 0.243. The van der Waals surface area contributed by atoms with Gasteiger partial charge in [-0.05, 0) is 49.4 Å². The van der Waals surface area contributed by atoms with E-state index in [1.54, 1.807) is 0 Å². The van der Waals surface area contributed by atoms with Gasteiger partial charge in [0.1, 0.15) is 10.2 Å². The number of thiophene rings is 1. The molecule has 3 aromatic carbocycles. The average molecular weight is 632 g/mol. The van der Waals surface area contributed by atoms with Gasteiger partial charge in [0.2, 0.25) is 0 Å². The molecule has 234 valence electrons. The molecule has 0 aliphatic rings. The van der Waals surface area contributed by atoms with Crippen molar-refractivity contribution < 1.29 is 9.53 Å². The van der Waals surface area contributed by atoms with Gasteiger partial charge in [-0.1, -0.05) is 105 Å². The van der Waals surface area contributed by atoms with Crippen LogP contribution in [0.15, 0.2) is 114 Å². The summed E-state index contributed by atoms with van der Waals surface area (Å²) in [5.74, 6) is 0.185. The van der Waals surface area contributed by atoms with Crippen LogP contribution >= 0.6 is 11.3 Å². The average Bonchev–Trinajstić information content (AvgIpc) is 3.70. The second-order valence-corrected chi connectivity index (χ2v) is 13.7. The zero-order valence-corrected chi connectivity index (χ0v) is 27.3. The minimum atomic E-state index is -0.731. The second kappa shape index (κ2) is 12.4. The number of benzene rings is 3. The van der Waals surface area contributed by atoms with E-state index in [2.05, 4.69) is 87.7 Å². The molecule has 1 amide bonds. The second-order valence-electron chi connectivity index (χ2n) is 12.7. The molecule has 6 aromatic rings. The van der Waals surface area contributed by atoms with E-state index < -0.39 is 23.3 Å². The van der Waals surface area contributed by atoms with Gasteiger partial charge in [0.05, 0.1) is 22.4 Å². The van der Waals surface area contributed by atoms with Crippen molar-refractivity contribution in [2.24, 2.45) is 5.92 Å². The van der Waals surface area contributed by atoms with Gasteiger partial charge in [-0.15, -0.1) is 11.3 Å². The van der Waals surface area contributed by atoms with E-state index in [0.717, 1.165) is 27.3 Å². The third-order valence-corrected chi connectivity index (χ3v) is 8.93. The SMILES string of the molecule is CC(C)[C@H](OC(=O)NC(C)(C)C)c1nc2cc(-c3cn(C(c4ccccc4)(c4ccccc4)c4ccccc4)cn3)sc2c(=O)[nH]1. The number of H-pyrrole nitrogens is 1. The normalized spacial score (nSPS) is 12.7. The number of carbonyl (C=O) groups is 1. The van der Waals surface area contributed by atoms with E-state index in [-0.39, 0.29) is 11.5 Å². The maximum absolute atomic E-state index is 13.3. The Morgan fingerprint density at radius 2 is 1.43 bits per heavy atom. The molecule has 0 aliphatic heterocycles. The highest BCUT2D eigenvalue weighted by molar-refractivity contribution is 7.22. The van der Waals surface area contributed by atoms with Crippen molar-refractivity contribution in [3.8, 4) is 10.6 Å². The van der Waals surface area contributed by atoms with Crippen LogP contribution in [-0.4, -0.2) is 31.2 Å². The molecule has 8 nitrogen and oxygen atoms in total. The lowest BCUT2D eigenvalue weighted by molar-refractivity contribution is 0.0604. The summed E-state index contributed by atoms with van der Waals surface area (Å²) in [4.78, 5) is 39.3. The first kappa shape index (κ1) is 31.0. The van der Waals surface area contributed by atoms with Crippen molar-refractivity contribution in [1.82, 2.24) is 24.8 Å². The summed E-state index contributed by atoms with van der Waals surface area (Å²) in [6.07, 6.45) is 2.59. The number of hydrogen-bond acceptors (Lipinski definition) is 6. The fourth-order valence-electron chi connectivity index (χ4n) is 5.80. The standard InChI is InChI=1S/C37H37N5O3S/c1-24(2)31(45-35(44)41-36(3,4)5)33-39-28-21-30(46-32(28)34(43)40-33)29-22-42(23-38-29)37(25-15-9-6-10-16-25,26-17-11-7-12-18-26)27-19-13-8-14-20-27/h6-24,31H,1-5H3,(H,41,44)(H,39,40,43)/t31-/m0/s1. The van der Waals surface area contributed by atoms with Crippen molar-refractivity contribution in [2.45, 2.75) is 51.8 Å². The summed E-state index contributed by atoms with van der Waals surface area (Å²) in [7, 11) is 0. The molecule has 6 rings (SSSR count). The smallest absolute Gasteiger partial charge is 0.408 e. The number of aromatic amines is 1. The van der Waals surface area contributed by atoms with Gasteiger partial charge in [-0.3, -0.25) is 4.79 Å². The molecule has 0 spiro atoms. The molecule has 0 bridgehead atoms. The zero-order valence-electron chi connectivity index (χ0n) is 26.5. The Morgan fingerprint density at radius 1 is 0.891 bits per heavy atom. The van der Waals surface area contributed by atoms with Crippen LogP contribution in [0.2, 0.25) is 0 Å². The molecule has 3 heterocycles. The molecule has 2 N–H and O–H groups in total. The van der Waals surface area contributed by atoms with E-state index in [9.17, 15) is 9.59 Å². The summed E-state index contributed by atoms with van der Waals surface area (Å²) in [6.45, 7) is 9.47. The van der Waals surface area contributed by atoms with Gasteiger partial charge in [-0.2, -0.15) is 0 Å². The van der Waals surface area contributed by atoms with Gasteiger partial charge < -0.3 is 19.6 Å². The highest BCUT2D eigenvalue weighted by atomic mass is 32.1. The molecule has 0 unspecified atom stereocenters. The molecular formula is C37H37N5O3S. The molecule has 0 aliphatic carbocycles. The summed E-state index contributed by atoms with van der Waals surface area (Å²) in [6, 6.07) is 33.1. The van der Waals surface area contributed by atoms with Crippen molar-refractivity contribution in [3.63, 3.8) is 0 Å². The number of imidazole rings is 1. The summed E-state index contributed by atoms with van der Waals surface area (Å²) < 4.78 is 8.37. The third-order valence-electron chi connectivity index (χ3n) is 7.78. The number of aromatic nitrogens is 4. The number of rotatable bonds is 8. The molecule has 0 fully saturated rings. The van der Waals surface area contributed by atoms with Crippen LogP contribution in [-0.2, 0) is 10.3 Å². The molecule has 0 saturated heterocycles. The summed E-state index contributed by atoms with van der Waals surface area (Å²) >= 11 is 1.34. The van der Waals surface area contributed by atoms with E-state index in [1.165, 1.54) is 11.3 Å². The molecule has 9 heteroatoms. The number of nitrogens with zero attached hydrogens (tertiary/aromatic N) is 3. The maximum atomic E-state index is 13.3. The Bertz CT molecular complexity index is 1910. The van der Waals surface area contributed by atoms with Crippen LogP contribution in [0.3, 0.4) is 0 Å². The van der Waals surface area contributed by atoms with Gasteiger partial charge in [-0.25, -0.2) is 14.8 Å². The predicted molar refractivity (Wildman–Crippen MR) is 183 cm³/mol. The molecule has 0 saturated carbocycles. The minimum absolute atomic E-state index is 0.123. The largest absolute Gasteiger partial charge is 0.438 e. The van der Waals surface area contributed by atoms with Gasteiger partial charge in [0.15, 0.2) is 11.9 Å². The highest BCUT2D eigenvalue weighted by Gasteiger charge is 2.38. The van der Waals surface area contributed by atoms with E-state index >= 15 is 0 Å². The number of carbonyl (C=O) groups excluding carboxylic acids is 1. The van der Waals surface area contributed by atoms with Crippen molar-refractivity contribution in [1.29, 1.82) is 0 Å². The molecule has 3 aromatic heterocycles. The Hall–Kier alpha value is -5.02. The number of hydrogen-bond donors (Lipinski definition) is 2. The summed E-state index contributed by atoms with van der Waals surface area (Å²) in [5, 5.41) is 2.81. The first-order valence-corrected chi connectivity index (χ1v) is 16.1. The molecule has 46 heavy (non-hydrogen) atoms. The number of amides is 1. The number of fused-ring (bicyclic) bond motifs is 1. The lowest BCUT2D eigenvalue weighted by Gasteiger charge is -2.37. The Kier molecular flexibility index (Phi) is 8.35. The van der Waals surface area contributed by atoms with Crippen molar-refractivity contribution in [2.75, 3.05) is 0 Å². The monoisotopic (exact) mass is 631 g/mol. The van der Waals surface area contributed by atoms with Crippen LogP contribution < -0.4 is 10.9 Å². The molecule has 0 radical (unpaired) electrons. The Balaban J connectivity index is 1.44. The van der Waals surface area contributed by atoms with Crippen LogP contribution in [0, 0.1) is 5.92 Å². The van der Waals surface area contributed by atoms with E-state index in [4.69, 9.17) is 14.7 Å². The van der Waals surface area contributed by atoms with Gasteiger partial charge in [0, 0.05) is 11.7 Å². The fourth-order valence-corrected chi connectivity index (χ4v) is 6.75. The van der Waals surface area contributed by atoms with Crippen molar-refractivity contribution in [3.05, 3.63) is 142 Å². The highest BCUT2D eigenvalue weighted by Crippen LogP contribution is 2.42. The third kappa shape index (κ3) is 5.98. The topological polar surface area (TPSA) is 102 Å². The van der Waals surface area contributed by atoms with Crippen molar-refractivity contribution >= 4 is 27.6 Å². The number of ether oxygens (including phenoxy) is 1. The molecular weight excluding hydrogens is 595 g/mol. The first-order chi connectivity index (χ1) is 22.1.